The van der Waals surface area contributed by atoms with Crippen molar-refractivity contribution in [2.45, 2.75) is 64.2 Å². The maximum atomic E-state index is 13.8. The lowest BCUT2D eigenvalue weighted by Gasteiger charge is -2.37. The normalized spacial score (nSPS) is 35.9. The van der Waals surface area contributed by atoms with Gasteiger partial charge in [0.25, 0.3) is 0 Å². The molecule has 0 aliphatic carbocycles. The minimum absolute atomic E-state index is 0.0210. The molecule has 1 spiro atoms. The van der Waals surface area contributed by atoms with E-state index in [9.17, 15) is 19.5 Å². The predicted molar refractivity (Wildman–Crippen MR) is 114 cm³/mol. The van der Waals surface area contributed by atoms with Crippen molar-refractivity contribution in [1.82, 2.24) is 9.80 Å². The number of rotatable bonds is 10. The third-order valence-electron chi connectivity index (χ3n) is 7.37. The minimum Gasteiger partial charge on any atom is -0.466 e. The number of hydrogen-bond acceptors (Lipinski definition) is 6. The molecule has 8 nitrogen and oxygen atoms in total. The van der Waals surface area contributed by atoms with Crippen molar-refractivity contribution in [3.05, 3.63) is 12.7 Å². The number of esters is 1. The molecule has 3 saturated heterocycles. The van der Waals surface area contributed by atoms with Crippen molar-refractivity contribution in [1.29, 1.82) is 0 Å². The van der Waals surface area contributed by atoms with E-state index >= 15 is 0 Å². The Labute approximate surface area is 184 Å². The highest BCUT2D eigenvalue weighted by Gasteiger charge is 2.80. The van der Waals surface area contributed by atoms with Gasteiger partial charge in [-0.05, 0) is 32.6 Å². The van der Waals surface area contributed by atoms with Crippen LogP contribution in [0.4, 0.5) is 0 Å². The predicted octanol–water partition coefficient (Wildman–Crippen LogP) is 1.37. The monoisotopic (exact) mass is 436 g/mol. The molecular formula is C23H36N2O6. The molecule has 3 rings (SSSR count). The van der Waals surface area contributed by atoms with Crippen LogP contribution in [0.25, 0.3) is 0 Å². The van der Waals surface area contributed by atoms with Crippen LogP contribution >= 0.6 is 0 Å². The van der Waals surface area contributed by atoms with Gasteiger partial charge in [0.15, 0.2) is 0 Å². The second-order valence-corrected chi connectivity index (χ2v) is 9.14. The van der Waals surface area contributed by atoms with E-state index in [1.165, 1.54) is 4.90 Å². The number of unbranched alkanes of at least 4 members (excludes halogenated alkanes) is 1. The summed E-state index contributed by atoms with van der Waals surface area (Å²) in [4.78, 5) is 43.5. The third-order valence-corrected chi connectivity index (χ3v) is 7.37. The number of carbonyl (C=O) groups is 3. The van der Waals surface area contributed by atoms with Gasteiger partial charge in [-0.25, -0.2) is 0 Å². The van der Waals surface area contributed by atoms with Crippen molar-refractivity contribution >= 4 is 17.8 Å². The van der Waals surface area contributed by atoms with Crippen molar-refractivity contribution in [3.8, 4) is 0 Å². The number of β-amino-alcohol motifs (C(OH)–C–C–N with tert-alkyl or cyclic N) is 1. The average Bonchev–Trinajstić information content (AvgIpc) is 3.23. The number of hydrogen-bond donors (Lipinski definition) is 1. The Morgan fingerprint density at radius 3 is 2.71 bits per heavy atom. The van der Waals surface area contributed by atoms with E-state index in [1.54, 1.807) is 17.9 Å². The summed E-state index contributed by atoms with van der Waals surface area (Å²) in [5.41, 5.74) is -1.97. The zero-order valence-electron chi connectivity index (χ0n) is 19.1. The number of aliphatic hydroxyl groups excluding tert-OH is 1. The lowest BCUT2D eigenvalue weighted by molar-refractivity contribution is -0.162. The topological polar surface area (TPSA) is 96.4 Å². The van der Waals surface area contributed by atoms with Crippen molar-refractivity contribution in [2.24, 2.45) is 17.8 Å². The Balaban J connectivity index is 2.07. The number of carbonyl (C=O) groups excluding carboxylic acids is 3. The summed E-state index contributed by atoms with van der Waals surface area (Å²) >= 11 is 0. The van der Waals surface area contributed by atoms with Crippen LogP contribution < -0.4 is 0 Å². The molecule has 0 aromatic carbocycles. The zero-order valence-corrected chi connectivity index (χ0v) is 19.1. The Bertz CT molecular complexity index is 742. The molecule has 0 aromatic heterocycles. The zero-order chi connectivity index (χ0) is 23.0. The van der Waals surface area contributed by atoms with Gasteiger partial charge in [0.1, 0.15) is 17.6 Å². The van der Waals surface area contributed by atoms with Crippen LogP contribution in [0, 0.1) is 17.8 Å². The van der Waals surface area contributed by atoms with E-state index in [4.69, 9.17) is 9.47 Å². The quantitative estimate of drug-likeness (QED) is 0.410. The molecule has 3 fully saturated rings. The SMILES string of the molecule is C=CCN(CCCC)C(=O)C1N(CCO)C(=O)[C@@H]2[C@@H](C(=O)OCC)[C@]3(C)OC12CC3C. The standard InChI is InChI=1S/C23H36N2O6/c1-6-9-11-24(10-7-2)20(28)18-23-14-15(4)22(5,31-23)17(21(29)30-8-3)16(23)19(27)25(18)12-13-26/h7,15-18,26H,2,6,8-14H2,1,3-5H3/t15?,16-,17-,18?,22+,23?/m0/s1. The second kappa shape index (κ2) is 8.90. The molecular weight excluding hydrogens is 400 g/mol. The highest BCUT2D eigenvalue weighted by molar-refractivity contribution is 5.98. The molecule has 0 saturated carbocycles. The first-order chi connectivity index (χ1) is 14.7. The molecule has 0 aromatic rings. The number of aliphatic hydroxyl groups is 1. The Hall–Kier alpha value is -1.93. The van der Waals surface area contributed by atoms with Gasteiger partial charge in [-0.2, -0.15) is 0 Å². The molecule has 3 aliphatic heterocycles. The fourth-order valence-corrected chi connectivity index (χ4v) is 5.93. The van der Waals surface area contributed by atoms with Crippen LogP contribution in [0.5, 0.6) is 0 Å². The van der Waals surface area contributed by atoms with E-state index in [2.05, 4.69) is 13.5 Å². The van der Waals surface area contributed by atoms with Gasteiger partial charge in [0, 0.05) is 19.6 Å². The molecule has 6 atom stereocenters. The average molecular weight is 437 g/mol. The van der Waals surface area contributed by atoms with E-state index in [0.29, 0.717) is 19.5 Å². The first-order valence-electron chi connectivity index (χ1n) is 11.4. The largest absolute Gasteiger partial charge is 0.466 e. The van der Waals surface area contributed by atoms with Crippen LogP contribution in [-0.4, -0.2) is 82.8 Å². The Kier molecular flexibility index (Phi) is 6.81. The van der Waals surface area contributed by atoms with Gasteiger partial charge >= 0.3 is 5.97 Å². The van der Waals surface area contributed by atoms with Gasteiger partial charge in [0.2, 0.25) is 11.8 Å². The first kappa shape index (κ1) is 23.7. The molecule has 1 N–H and O–H groups in total. The fraction of sp³-hybridized carbons (Fsp3) is 0.783. The van der Waals surface area contributed by atoms with Gasteiger partial charge in [-0.1, -0.05) is 26.3 Å². The Morgan fingerprint density at radius 1 is 1.42 bits per heavy atom. The molecule has 174 valence electrons. The third kappa shape index (κ3) is 3.48. The highest BCUT2D eigenvalue weighted by atomic mass is 16.6. The van der Waals surface area contributed by atoms with Crippen LogP contribution in [0.15, 0.2) is 12.7 Å². The summed E-state index contributed by atoms with van der Waals surface area (Å²) in [6, 6.07) is -0.877. The smallest absolute Gasteiger partial charge is 0.312 e. The molecule has 8 heteroatoms. The summed E-state index contributed by atoms with van der Waals surface area (Å²) in [5, 5.41) is 9.65. The summed E-state index contributed by atoms with van der Waals surface area (Å²) in [7, 11) is 0. The van der Waals surface area contributed by atoms with Gasteiger partial charge in [0.05, 0.1) is 24.7 Å². The van der Waals surface area contributed by atoms with Crippen molar-refractivity contribution in [2.75, 3.05) is 32.8 Å². The van der Waals surface area contributed by atoms with Gasteiger partial charge in [-0.3, -0.25) is 14.4 Å². The fourth-order valence-electron chi connectivity index (χ4n) is 5.93. The van der Waals surface area contributed by atoms with Crippen LogP contribution in [0.3, 0.4) is 0 Å². The lowest BCUT2D eigenvalue weighted by atomic mass is 9.62. The molecule has 31 heavy (non-hydrogen) atoms. The molecule has 0 radical (unpaired) electrons. The van der Waals surface area contributed by atoms with Crippen LogP contribution in [0.2, 0.25) is 0 Å². The second-order valence-electron chi connectivity index (χ2n) is 9.14. The molecule has 3 heterocycles. The molecule has 2 amide bonds. The maximum absolute atomic E-state index is 13.8. The van der Waals surface area contributed by atoms with Crippen LogP contribution in [0.1, 0.15) is 47.0 Å². The van der Waals surface area contributed by atoms with Crippen molar-refractivity contribution in [3.63, 3.8) is 0 Å². The summed E-state index contributed by atoms with van der Waals surface area (Å²) in [5.74, 6) is -2.56. The summed E-state index contributed by atoms with van der Waals surface area (Å²) in [6.45, 7) is 12.3. The number of nitrogens with zero attached hydrogens (tertiary/aromatic N) is 2. The molecule has 3 aliphatic rings. The summed E-state index contributed by atoms with van der Waals surface area (Å²) in [6.07, 6.45) is 3.93. The minimum atomic E-state index is -1.10. The molecule has 2 bridgehead atoms. The maximum Gasteiger partial charge on any atom is 0.312 e. The van der Waals surface area contributed by atoms with Crippen LogP contribution in [-0.2, 0) is 23.9 Å². The van der Waals surface area contributed by atoms with E-state index < -0.39 is 35.0 Å². The van der Waals surface area contributed by atoms with Crippen molar-refractivity contribution < 1.29 is 29.0 Å². The number of fused-ring (bicyclic) bond motifs is 1. The first-order valence-corrected chi connectivity index (χ1v) is 11.4. The number of amides is 2. The van der Waals surface area contributed by atoms with E-state index in [0.717, 1.165) is 12.8 Å². The molecule has 3 unspecified atom stereocenters. The van der Waals surface area contributed by atoms with E-state index in [-0.39, 0.29) is 37.5 Å². The summed E-state index contributed by atoms with van der Waals surface area (Å²) < 4.78 is 11.9. The number of likely N-dealkylation sites (tertiary alicyclic amines) is 1. The van der Waals surface area contributed by atoms with Gasteiger partial charge in [-0.15, -0.1) is 6.58 Å². The highest BCUT2D eigenvalue weighted by Crippen LogP contribution is 2.65. The van der Waals surface area contributed by atoms with Gasteiger partial charge < -0.3 is 24.4 Å². The van der Waals surface area contributed by atoms with E-state index in [1.807, 2.05) is 13.8 Å². The lowest BCUT2D eigenvalue weighted by Crippen LogP contribution is -2.57. The number of ether oxygens (including phenoxy) is 2. The Morgan fingerprint density at radius 2 is 2.13 bits per heavy atom.